The molecule has 1 aromatic heterocycles. The van der Waals surface area contributed by atoms with E-state index in [0.29, 0.717) is 18.4 Å². The monoisotopic (exact) mass is 358 g/mol. The van der Waals surface area contributed by atoms with Gasteiger partial charge in [0.1, 0.15) is 5.75 Å². The number of benzene rings is 1. The van der Waals surface area contributed by atoms with Gasteiger partial charge in [0.05, 0.1) is 6.10 Å². The lowest BCUT2D eigenvalue weighted by molar-refractivity contribution is 0.0897. The SMILES string of the molecule is CCN1CCC[C@@H]1CNC(=O)c1nc(-c2ccc(OC(C)C)cc2)no1. The summed E-state index contributed by atoms with van der Waals surface area (Å²) in [6.07, 6.45) is 2.40. The van der Waals surface area contributed by atoms with Crippen molar-refractivity contribution in [3.8, 4) is 17.1 Å². The van der Waals surface area contributed by atoms with Crippen molar-refractivity contribution in [1.82, 2.24) is 20.4 Å². The van der Waals surface area contributed by atoms with Gasteiger partial charge in [-0.15, -0.1) is 0 Å². The molecule has 0 spiro atoms. The Morgan fingerprint density at radius 3 is 2.85 bits per heavy atom. The predicted octanol–water partition coefficient (Wildman–Crippen LogP) is 2.74. The zero-order valence-electron chi connectivity index (χ0n) is 15.6. The van der Waals surface area contributed by atoms with Crippen molar-refractivity contribution in [2.24, 2.45) is 0 Å². The largest absolute Gasteiger partial charge is 0.491 e. The van der Waals surface area contributed by atoms with Crippen LogP contribution in [0.2, 0.25) is 0 Å². The number of carbonyl (C=O) groups is 1. The highest BCUT2D eigenvalue weighted by atomic mass is 16.5. The van der Waals surface area contributed by atoms with Crippen molar-refractivity contribution in [2.75, 3.05) is 19.6 Å². The van der Waals surface area contributed by atoms with E-state index in [1.54, 1.807) is 0 Å². The van der Waals surface area contributed by atoms with E-state index in [-0.39, 0.29) is 17.9 Å². The summed E-state index contributed by atoms with van der Waals surface area (Å²) in [6.45, 7) is 8.79. The summed E-state index contributed by atoms with van der Waals surface area (Å²) in [7, 11) is 0. The summed E-state index contributed by atoms with van der Waals surface area (Å²) in [5, 5.41) is 6.81. The Hall–Kier alpha value is -2.41. The third-order valence-corrected chi connectivity index (χ3v) is 4.51. The number of nitrogens with one attached hydrogen (secondary N) is 1. The smallest absolute Gasteiger partial charge is 0.316 e. The van der Waals surface area contributed by atoms with E-state index in [1.165, 1.54) is 6.42 Å². The lowest BCUT2D eigenvalue weighted by Gasteiger charge is -2.22. The number of ether oxygens (including phenoxy) is 1. The third kappa shape index (κ3) is 4.40. The zero-order valence-corrected chi connectivity index (χ0v) is 15.6. The average molecular weight is 358 g/mol. The van der Waals surface area contributed by atoms with Crippen LogP contribution in [0.5, 0.6) is 5.75 Å². The van der Waals surface area contributed by atoms with Crippen LogP contribution in [0.3, 0.4) is 0 Å². The summed E-state index contributed by atoms with van der Waals surface area (Å²) < 4.78 is 10.7. The van der Waals surface area contributed by atoms with Gasteiger partial charge < -0.3 is 14.6 Å². The molecule has 1 amide bonds. The number of aromatic nitrogens is 2. The first kappa shape index (κ1) is 18.4. The molecule has 140 valence electrons. The van der Waals surface area contributed by atoms with E-state index in [4.69, 9.17) is 9.26 Å². The lowest BCUT2D eigenvalue weighted by atomic mass is 10.2. The highest BCUT2D eigenvalue weighted by molar-refractivity contribution is 5.89. The van der Waals surface area contributed by atoms with Gasteiger partial charge in [0, 0.05) is 18.2 Å². The second kappa shape index (κ2) is 8.31. The maximum Gasteiger partial charge on any atom is 0.316 e. The van der Waals surface area contributed by atoms with Crippen LogP contribution in [0.25, 0.3) is 11.4 Å². The van der Waals surface area contributed by atoms with Crippen molar-refractivity contribution >= 4 is 5.91 Å². The Kier molecular flexibility index (Phi) is 5.88. The van der Waals surface area contributed by atoms with Gasteiger partial charge in [-0.3, -0.25) is 9.69 Å². The molecule has 0 unspecified atom stereocenters. The Balaban J connectivity index is 1.59. The molecule has 0 aliphatic carbocycles. The molecule has 1 aromatic carbocycles. The zero-order chi connectivity index (χ0) is 18.5. The van der Waals surface area contributed by atoms with Crippen LogP contribution in [0.4, 0.5) is 0 Å². The van der Waals surface area contributed by atoms with Crippen LogP contribution in [-0.4, -0.2) is 52.7 Å². The maximum atomic E-state index is 12.3. The highest BCUT2D eigenvalue weighted by Gasteiger charge is 2.24. The van der Waals surface area contributed by atoms with E-state index >= 15 is 0 Å². The van der Waals surface area contributed by atoms with Gasteiger partial charge in [-0.05, 0) is 64.0 Å². The Morgan fingerprint density at radius 2 is 2.15 bits per heavy atom. The Morgan fingerprint density at radius 1 is 1.38 bits per heavy atom. The number of carbonyl (C=O) groups excluding carboxylic acids is 1. The molecule has 1 aliphatic rings. The molecule has 7 heteroatoms. The second-order valence-corrected chi connectivity index (χ2v) is 6.75. The summed E-state index contributed by atoms with van der Waals surface area (Å²) in [4.78, 5) is 18.9. The first-order valence-electron chi connectivity index (χ1n) is 9.20. The molecule has 1 N–H and O–H groups in total. The number of likely N-dealkylation sites (tertiary alicyclic amines) is 1. The molecule has 3 rings (SSSR count). The Labute approximate surface area is 153 Å². The van der Waals surface area contributed by atoms with Crippen LogP contribution in [0, 0.1) is 0 Å². The molecule has 1 atom stereocenters. The molecule has 2 aromatic rings. The van der Waals surface area contributed by atoms with E-state index in [9.17, 15) is 4.79 Å². The fourth-order valence-electron chi connectivity index (χ4n) is 3.22. The average Bonchev–Trinajstić information content (AvgIpc) is 3.29. The van der Waals surface area contributed by atoms with Crippen LogP contribution in [0.1, 0.15) is 44.3 Å². The first-order valence-corrected chi connectivity index (χ1v) is 9.20. The van der Waals surface area contributed by atoms with E-state index < -0.39 is 0 Å². The number of rotatable bonds is 7. The van der Waals surface area contributed by atoms with Gasteiger partial charge in [0.2, 0.25) is 5.82 Å². The maximum absolute atomic E-state index is 12.3. The molecule has 0 saturated carbocycles. The van der Waals surface area contributed by atoms with Gasteiger partial charge in [-0.2, -0.15) is 4.98 Å². The molecular formula is C19H26N4O3. The van der Waals surface area contributed by atoms with E-state index in [0.717, 1.165) is 30.8 Å². The number of hydrogen-bond acceptors (Lipinski definition) is 6. The molecule has 0 bridgehead atoms. The molecule has 0 radical (unpaired) electrons. The molecule has 1 aliphatic heterocycles. The molecule has 1 saturated heterocycles. The van der Waals surface area contributed by atoms with Crippen LogP contribution < -0.4 is 10.1 Å². The molecular weight excluding hydrogens is 332 g/mol. The normalized spacial score (nSPS) is 17.6. The van der Waals surface area contributed by atoms with Crippen molar-refractivity contribution in [3.63, 3.8) is 0 Å². The summed E-state index contributed by atoms with van der Waals surface area (Å²) in [5.74, 6) is 0.833. The number of likely N-dealkylation sites (N-methyl/N-ethyl adjacent to an activating group) is 1. The van der Waals surface area contributed by atoms with Crippen LogP contribution in [0.15, 0.2) is 28.8 Å². The standard InChI is InChI=1S/C19H26N4O3/c1-4-23-11-5-6-15(23)12-20-18(24)19-21-17(22-26-19)14-7-9-16(10-8-14)25-13(2)3/h7-10,13,15H,4-6,11-12H2,1-3H3,(H,20,24)/t15-/m1/s1. The van der Waals surface area contributed by atoms with Gasteiger partial charge in [0.25, 0.3) is 0 Å². The minimum atomic E-state index is -0.327. The minimum absolute atomic E-state index is 0.0106. The first-order chi connectivity index (χ1) is 12.6. The third-order valence-electron chi connectivity index (χ3n) is 4.51. The Bertz CT molecular complexity index is 727. The van der Waals surface area contributed by atoms with Gasteiger partial charge >= 0.3 is 11.8 Å². The minimum Gasteiger partial charge on any atom is -0.491 e. The van der Waals surface area contributed by atoms with Crippen molar-refractivity contribution < 1.29 is 14.1 Å². The van der Waals surface area contributed by atoms with E-state index in [2.05, 4.69) is 27.3 Å². The number of amides is 1. The fraction of sp³-hybridized carbons (Fsp3) is 0.526. The fourth-order valence-corrected chi connectivity index (χ4v) is 3.22. The summed E-state index contributed by atoms with van der Waals surface area (Å²) in [6, 6.07) is 7.79. The lowest BCUT2D eigenvalue weighted by Crippen LogP contribution is -2.40. The van der Waals surface area contributed by atoms with Gasteiger partial charge in [-0.1, -0.05) is 12.1 Å². The predicted molar refractivity (Wildman–Crippen MR) is 98.1 cm³/mol. The molecule has 1 fully saturated rings. The number of nitrogens with zero attached hydrogens (tertiary/aromatic N) is 3. The van der Waals surface area contributed by atoms with Gasteiger partial charge in [0.15, 0.2) is 0 Å². The van der Waals surface area contributed by atoms with E-state index in [1.807, 2.05) is 38.1 Å². The van der Waals surface area contributed by atoms with Crippen molar-refractivity contribution in [1.29, 1.82) is 0 Å². The van der Waals surface area contributed by atoms with Gasteiger partial charge in [-0.25, -0.2) is 0 Å². The molecule has 2 heterocycles. The topological polar surface area (TPSA) is 80.5 Å². The molecule has 26 heavy (non-hydrogen) atoms. The quantitative estimate of drug-likeness (QED) is 0.820. The van der Waals surface area contributed by atoms with Crippen LogP contribution in [-0.2, 0) is 0 Å². The summed E-state index contributed by atoms with van der Waals surface area (Å²) in [5.41, 5.74) is 0.775. The summed E-state index contributed by atoms with van der Waals surface area (Å²) >= 11 is 0. The number of hydrogen-bond donors (Lipinski definition) is 1. The second-order valence-electron chi connectivity index (χ2n) is 6.75. The van der Waals surface area contributed by atoms with Crippen molar-refractivity contribution in [2.45, 2.75) is 45.8 Å². The van der Waals surface area contributed by atoms with Crippen molar-refractivity contribution in [3.05, 3.63) is 30.2 Å². The molecule has 7 nitrogen and oxygen atoms in total. The van der Waals surface area contributed by atoms with Crippen LogP contribution >= 0.6 is 0 Å². The highest BCUT2D eigenvalue weighted by Crippen LogP contribution is 2.21.